The summed E-state index contributed by atoms with van der Waals surface area (Å²) in [4.78, 5) is 8.10. The van der Waals surface area contributed by atoms with E-state index in [1.165, 1.54) is 102 Å². The van der Waals surface area contributed by atoms with Crippen molar-refractivity contribution in [3.8, 4) is 27.4 Å². The number of thiazole rings is 1. The van der Waals surface area contributed by atoms with Crippen LogP contribution < -0.4 is 15.7 Å². The Bertz CT molecular complexity index is 4150. The lowest BCUT2D eigenvalue weighted by atomic mass is 9.43. The van der Waals surface area contributed by atoms with Gasteiger partial charge >= 0.3 is 6.85 Å². The van der Waals surface area contributed by atoms with E-state index in [4.69, 9.17) is 9.40 Å². The van der Waals surface area contributed by atoms with Crippen LogP contribution in [0.2, 0.25) is 0 Å². The van der Waals surface area contributed by atoms with Crippen molar-refractivity contribution in [1.29, 1.82) is 0 Å². The molecule has 0 aliphatic carbocycles. The Kier molecular flexibility index (Phi) is 8.04. The molecule has 4 nitrogen and oxygen atoms in total. The molecule has 0 N–H and O–H groups in total. The molecule has 68 heavy (non-hydrogen) atoms. The fourth-order valence-electron chi connectivity index (χ4n) is 11.5. The van der Waals surface area contributed by atoms with Gasteiger partial charge < -0.3 is 13.8 Å². The van der Waals surface area contributed by atoms with Gasteiger partial charge in [0.1, 0.15) is 16.2 Å². The Hall–Kier alpha value is -6.67. The standard InChI is InChI=1S/C61H50BN3OS2/c1-59(2,3)34-19-23-37(24-20-34)65-46-29-40-39-27-36(61(7,8)9)22-26-49(39)67-50(40)30-42(46)54-55-56-52(53-38-17-13-14-18-48(38)66-57(53)54)41-28-35(60(4,5)6)21-25-45(41)64(56)47-32-51-44(31-43(47)62(55)65)63-58(68-51)33-15-11-10-12-16-33/h10-32H,1-9H3. The summed E-state index contributed by atoms with van der Waals surface area (Å²) in [5, 5.41) is 8.50. The summed E-state index contributed by atoms with van der Waals surface area (Å²) >= 11 is 3.68. The summed E-state index contributed by atoms with van der Waals surface area (Å²) in [6.07, 6.45) is 0. The molecule has 0 bridgehead atoms. The van der Waals surface area contributed by atoms with E-state index in [2.05, 4.69) is 211 Å². The van der Waals surface area contributed by atoms with Gasteiger partial charge in [0.2, 0.25) is 0 Å². The van der Waals surface area contributed by atoms with Crippen molar-refractivity contribution < 1.29 is 4.42 Å². The molecule has 6 heterocycles. The van der Waals surface area contributed by atoms with Gasteiger partial charge in [-0.1, -0.05) is 135 Å². The molecule has 0 spiro atoms. The van der Waals surface area contributed by atoms with Gasteiger partial charge in [-0.15, -0.1) is 22.7 Å². The summed E-state index contributed by atoms with van der Waals surface area (Å²) in [5.41, 5.74) is 18.9. The van der Waals surface area contributed by atoms with Gasteiger partial charge in [-0.25, -0.2) is 4.98 Å². The molecule has 0 radical (unpaired) electrons. The van der Waals surface area contributed by atoms with E-state index in [1.54, 1.807) is 11.3 Å². The molecular weight excluding hydrogens is 866 g/mol. The van der Waals surface area contributed by atoms with E-state index >= 15 is 0 Å². The van der Waals surface area contributed by atoms with Crippen molar-refractivity contribution in [3.63, 3.8) is 0 Å². The van der Waals surface area contributed by atoms with Crippen molar-refractivity contribution in [2.45, 2.75) is 78.6 Å². The lowest BCUT2D eigenvalue weighted by molar-refractivity contribution is 0.590. The number of fused-ring (bicyclic) bond motifs is 17. The van der Waals surface area contributed by atoms with Gasteiger partial charge in [-0.2, -0.15) is 0 Å². The minimum Gasteiger partial charge on any atom is -0.455 e. The second-order valence-electron chi connectivity index (χ2n) is 22.4. The highest BCUT2D eigenvalue weighted by atomic mass is 32.1. The summed E-state index contributed by atoms with van der Waals surface area (Å²) in [6, 6.07) is 53.0. The van der Waals surface area contributed by atoms with Crippen LogP contribution in [-0.4, -0.2) is 16.4 Å². The SMILES string of the molecule is CC(C)(C)c1ccc(N2B3c4cc5nc(-c6ccccc6)sc5cc4-n4c5ccc(C(C)(C)C)cc5c5c6c(oc7ccccc76)c(c3c54)-c3cc4sc5ccc(C(C)(C)C)cc5c4cc32)cc1. The number of benzene rings is 8. The molecule has 14 rings (SSSR count). The first kappa shape index (κ1) is 40.4. The third kappa shape index (κ3) is 5.57. The quantitative estimate of drug-likeness (QED) is 0.162. The molecule has 0 saturated carbocycles. The predicted octanol–water partition coefficient (Wildman–Crippen LogP) is 16.5. The van der Waals surface area contributed by atoms with Crippen molar-refractivity contribution in [3.05, 3.63) is 156 Å². The number of para-hydroxylation sites is 1. The van der Waals surface area contributed by atoms with Gasteiger partial charge in [-0.05, 0) is 111 Å². The maximum absolute atomic E-state index is 7.34. The number of furan rings is 1. The number of thiophene rings is 1. The van der Waals surface area contributed by atoms with Crippen LogP contribution in [0.5, 0.6) is 0 Å². The molecule has 0 atom stereocenters. The molecule has 8 aromatic carbocycles. The van der Waals surface area contributed by atoms with Gasteiger partial charge in [0.05, 0.1) is 21.3 Å². The number of rotatable bonds is 2. The minimum atomic E-state index is -0.203. The van der Waals surface area contributed by atoms with Gasteiger partial charge in [0.25, 0.3) is 0 Å². The number of hydrogen-bond donors (Lipinski definition) is 0. The van der Waals surface area contributed by atoms with Crippen LogP contribution in [-0.2, 0) is 16.2 Å². The first-order valence-electron chi connectivity index (χ1n) is 24.0. The molecule has 0 amide bonds. The summed E-state index contributed by atoms with van der Waals surface area (Å²) in [6.45, 7) is 20.6. The van der Waals surface area contributed by atoms with E-state index in [0.717, 1.165) is 38.3 Å². The zero-order valence-corrected chi connectivity index (χ0v) is 41.6. The monoisotopic (exact) mass is 915 g/mol. The second-order valence-corrected chi connectivity index (χ2v) is 24.5. The minimum absolute atomic E-state index is 0.00743. The van der Waals surface area contributed by atoms with Crippen molar-refractivity contribution in [2.75, 3.05) is 4.81 Å². The molecule has 12 aromatic rings. The van der Waals surface area contributed by atoms with E-state index in [1.807, 2.05) is 11.3 Å². The Morgan fingerprint density at radius 1 is 0.544 bits per heavy atom. The topological polar surface area (TPSA) is 34.2 Å². The summed E-state index contributed by atoms with van der Waals surface area (Å²) in [7, 11) is 0. The Morgan fingerprint density at radius 3 is 1.97 bits per heavy atom. The molecular formula is C61H50BN3OS2. The lowest BCUT2D eigenvalue weighted by Gasteiger charge is -2.42. The maximum atomic E-state index is 7.34. The van der Waals surface area contributed by atoms with Crippen LogP contribution in [0.25, 0.3) is 102 Å². The smallest absolute Gasteiger partial charge is 0.333 e. The van der Waals surface area contributed by atoms with E-state index in [-0.39, 0.29) is 23.1 Å². The molecule has 0 saturated heterocycles. The third-order valence-corrected chi connectivity index (χ3v) is 17.2. The zero-order chi connectivity index (χ0) is 46.3. The highest BCUT2D eigenvalue weighted by Crippen LogP contribution is 2.54. The average molecular weight is 916 g/mol. The summed E-state index contributed by atoms with van der Waals surface area (Å²) < 4.78 is 13.7. The highest BCUT2D eigenvalue weighted by molar-refractivity contribution is 7.26. The number of nitrogens with zero attached hydrogens (tertiary/aromatic N) is 3. The van der Waals surface area contributed by atoms with E-state index in [9.17, 15) is 0 Å². The van der Waals surface area contributed by atoms with Gasteiger partial charge in [0, 0.05) is 75.5 Å². The van der Waals surface area contributed by atoms with Crippen LogP contribution in [0.15, 0.2) is 144 Å². The molecule has 7 heteroatoms. The van der Waals surface area contributed by atoms with Gasteiger partial charge in [0.15, 0.2) is 0 Å². The van der Waals surface area contributed by atoms with Crippen LogP contribution in [0, 0.1) is 0 Å². The number of aromatic nitrogens is 2. The van der Waals surface area contributed by atoms with Crippen LogP contribution >= 0.6 is 22.7 Å². The molecule has 330 valence electrons. The zero-order valence-electron chi connectivity index (χ0n) is 39.9. The first-order chi connectivity index (χ1) is 32.6. The van der Waals surface area contributed by atoms with Crippen molar-refractivity contribution >= 4 is 126 Å². The average Bonchev–Trinajstić information content (AvgIpc) is 4.09. The fraction of sp³-hybridized carbons (Fsp3) is 0.197. The van der Waals surface area contributed by atoms with Crippen LogP contribution in [0.1, 0.15) is 79.0 Å². The Morgan fingerprint density at radius 2 is 1.22 bits per heavy atom. The normalized spacial score (nSPS) is 13.9. The van der Waals surface area contributed by atoms with Gasteiger partial charge in [-0.3, -0.25) is 0 Å². The molecule has 2 aliphatic rings. The molecule has 4 aromatic heterocycles. The Balaban J connectivity index is 1.20. The maximum Gasteiger partial charge on any atom is 0.333 e. The molecule has 0 unspecified atom stereocenters. The summed E-state index contributed by atoms with van der Waals surface area (Å²) in [5.74, 6) is 0. The second kappa shape index (κ2) is 13.5. The van der Waals surface area contributed by atoms with Crippen LogP contribution in [0.4, 0.5) is 11.4 Å². The van der Waals surface area contributed by atoms with Crippen molar-refractivity contribution in [1.82, 2.24) is 9.55 Å². The van der Waals surface area contributed by atoms with E-state index < -0.39 is 0 Å². The number of anilines is 2. The Labute approximate surface area is 404 Å². The first-order valence-corrected chi connectivity index (χ1v) is 25.6. The third-order valence-electron chi connectivity index (χ3n) is 15.0. The molecule has 0 fully saturated rings. The number of hydrogen-bond acceptors (Lipinski definition) is 5. The largest absolute Gasteiger partial charge is 0.455 e. The predicted molar refractivity (Wildman–Crippen MR) is 295 cm³/mol. The van der Waals surface area contributed by atoms with Crippen molar-refractivity contribution in [2.24, 2.45) is 0 Å². The fourth-order valence-corrected chi connectivity index (χ4v) is 13.6. The highest BCUT2D eigenvalue weighted by Gasteiger charge is 2.47. The molecule has 2 aliphatic heterocycles. The van der Waals surface area contributed by atoms with E-state index in [0.29, 0.717) is 0 Å². The lowest BCUT2D eigenvalue weighted by Crippen LogP contribution is -2.60. The van der Waals surface area contributed by atoms with Crippen LogP contribution in [0.3, 0.4) is 0 Å².